The van der Waals surface area contributed by atoms with Crippen LogP contribution in [0.2, 0.25) is 0 Å². The van der Waals surface area contributed by atoms with Crippen molar-refractivity contribution in [1.82, 2.24) is 0 Å². The highest BCUT2D eigenvalue weighted by Gasteiger charge is 2.18. The Kier molecular flexibility index (Phi) is 4.32. The molecular formula is C11H13NO3S. The summed E-state index contributed by atoms with van der Waals surface area (Å²) in [7, 11) is 0. The van der Waals surface area contributed by atoms with Crippen molar-refractivity contribution in [2.45, 2.75) is 32.8 Å². The van der Waals surface area contributed by atoms with Gasteiger partial charge in [-0.1, -0.05) is 13.3 Å². The monoisotopic (exact) mass is 239 g/mol. The van der Waals surface area contributed by atoms with Gasteiger partial charge in [0, 0.05) is 4.88 Å². The van der Waals surface area contributed by atoms with Crippen LogP contribution >= 0.6 is 11.3 Å². The summed E-state index contributed by atoms with van der Waals surface area (Å²) in [5, 5.41) is 17.6. The zero-order chi connectivity index (χ0) is 12.1. The lowest BCUT2D eigenvalue weighted by Gasteiger charge is -2.05. The fourth-order valence-corrected chi connectivity index (χ4v) is 2.27. The number of rotatable bonds is 5. The van der Waals surface area contributed by atoms with E-state index in [0.29, 0.717) is 5.75 Å². The third kappa shape index (κ3) is 2.97. The van der Waals surface area contributed by atoms with Crippen molar-refractivity contribution in [3.63, 3.8) is 0 Å². The Morgan fingerprint density at radius 1 is 1.75 bits per heavy atom. The number of hydrogen-bond acceptors (Lipinski definition) is 4. The van der Waals surface area contributed by atoms with Crippen LogP contribution in [0.4, 0.5) is 0 Å². The smallest absolute Gasteiger partial charge is 0.349 e. The van der Waals surface area contributed by atoms with Gasteiger partial charge in [-0.2, -0.15) is 5.26 Å². The molecule has 0 saturated heterocycles. The van der Waals surface area contributed by atoms with E-state index in [1.807, 2.05) is 13.0 Å². The van der Waals surface area contributed by atoms with E-state index >= 15 is 0 Å². The van der Waals surface area contributed by atoms with Crippen molar-refractivity contribution in [3.8, 4) is 11.8 Å². The summed E-state index contributed by atoms with van der Waals surface area (Å²) in [5.74, 6) is -0.706. The van der Waals surface area contributed by atoms with Crippen LogP contribution in [-0.4, -0.2) is 17.2 Å². The van der Waals surface area contributed by atoms with E-state index in [4.69, 9.17) is 15.1 Å². The van der Waals surface area contributed by atoms with Gasteiger partial charge in [-0.3, -0.25) is 0 Å². The quantitative estimate of drug-likeness (QED) is 0.857. The minimum absolute atomic E-state index is 0.172. The Labute approximate surface area is 98.1 Å². The van der Waals surface area contributed by atoms with Crippen molar-refractivity contribution >= 4 is 17.3 Å². The Hall–Kier alpha value is -1.54. The van der Waals surface area contributed by atoms with Crippen LogP contribution in [0, 0.1) is 11.3 Å². The zero-order valence-corrected chi connectivity index (χ0v) is 10.0. The largest absolute Gasteiger partial charge is 0.477 e. The highest BCUT2D eigenvalue weighted by Crippen LogP contribution is 2.31. The molecule has 4 nitrogen and oxygen atoms in total. The second kappa shape index (κ2) is 5.52. The highest BCUT2D eigenvalue weighted by atomic mass is 32.1. The molecule has 1 atom stereocenters. The summed E-state index contributed by atoms with van der Waals surface area (Å²) in [6.07, 6.45) is 1.14. The topological polar surface area (TPSA) is 70.3 Å². The van der Waals surface area contributed by atoms with Crippen LogP contribution in [0.25, 0.3) is 0 Å². The lowest BCUT2D eigenvalue weighted by molar-refractivity contribution is 0.0697. The minimum atomic E-state index is -1.01. The molecule has 1 N–H and O–H groups in total. The van der Waals surface area contributed by atoms with Gasteiger partial charge < -0.3 is 9.84 Å². The first-order chi connectivity index (χ1) is 7.58. The van der Waals surface area contributed by atoms with E-state index in [9.17, 15) is 4.79 Å². The molecular weight excluding hydrogens is 226 g/mol. The van der Waals surface area contributed by atoms with Crippen molar-refractivity contribution in [3.05, 3.63) is 15.8 Å². The number of nitrogens with zero attached hydrogens (tertiary/aromatic N) is 1. The molecule has 86 valence electrons. The molecule has 0 bridgehead atoms. The summed E-state index contributed by atoms with van der Waals surface area (Å²) in [6, 6.07) is 3.62. The molecule has 0 spiro atoms. The van der Waals surface area contributed by atoms with Crippen LogP contribution in [-0.2, 0) is 6.42 Å². The third-order valence-electron chi connectivity index (χ3n) is 1.93. The number of ether oxygens (including phenoxy) is 1. The summed E-state index contributed by atoms with van der Waals surface area (Å²) in [4.78, 5) is 12.1. The van der Waals surface area contributed by atoms with Gasteiger partial charge in [0.25, 0.3) is 0 Å². The average Bonchev–Trinajstić information content (AvgIpc) is 2.61. The van der Waals surface area contributed by atoms with Gasteiger partial charge in [-0.05, 0) is 19.4 Å². The molecule has 0 aliphatic rings. The molecule has 1 heterocycles. The first-order valence-corrected chi connectivity index (χ1v) is 5.82. The number of aryl methyl sites for hydroxylation is 1. The second-order valence-corrected chi connectivity index (χ2v) is 4.49. The number of hydrogen-bond donors (Lipinski definition) is 1. The Morgan fingerprint density at radius 3 is 2.94 bits per heavy atom. The van der Waals surface area contributed by atoms with Crippen molar-refractivity contribution < 1.29 is 14.6 Å². The third-order valence-corrected chi connectivity index (χ3v) is 3.09. The molecule has 1 aromatic rings. The molecule has 0 aliphatic heterocycles. The summed E-state index contributed by atoms with van der Waals surface area (Å²) < 4.78 is 5.25. The molecule has 1 rings (SSSR count). The lowest BCUT2D eigenvalue weighted by Crippen LogP contribution is -2.09. The van der Waals surface area contributed by atoms with Gasteiger partial charge in [0.05, 0.1) is 0 Å². The molecule has 16 heavy (non-hydrogen) atoms. The van der Waals surface area contributed by atoms with Crippen LogP contribution in [0.5, 0.6) is 5.75 Å². The van der Waals surface area contributed by atoms with E-state index in [1.54, 1.807) is 13.0 Å². The van der Waals surface area contributed by atoms with Crippen LogP contribution in [0.1, 0.15) is 34.8 Å². The maximum atomic E-state index is 11.0. The van der Waals surface area contributed by atoms with Crippen LogP contribution < -0.4 is 4.74 Å². The molecule has 5 heteroatoms. The van der Waals surface area contributed by atoms with Gasteiger partial charge in [0.15, 0.2) is 11.0 Å². The van der Waals surface area contributed by atoms with E-state index in [1.165, 1.54) is 11.3 Å². The molecule has 0 fully saturated rings. The number of carbonyl (C=O) groups is 1. The highest BCUT2D eigenvalue weighted by molar-refractivity contribution is 7.14. The van der Waals surface area contributed by atoms with Crippen molar-refractivity contribution in [2.75, 3.05) is 0 Å². The van der Waals surface area contributed by atoms with E-state index < -0.39 is 12.1 Å². The van der Waals surface area contributed by atoms with Gasteiger partial charge in [0.2, 0.25) is 0 Å². The molecule has 0 saturated carbocycles. The second-order valence-electron chi connectivity index (χ2n) is 3.35. The number of carboxylic acids is 1. The first-order valence-electron chi connectivity index (χ1n) is 5.00. The number of thiophene rings is 1. The Morgan fingerprint density at radius 2 is 2.44 bits per heavy atom. The number of aromatic carboxylic acids is 1. The Bertz CT molecular complexity index is 419. The first kappa shape index (κ1) is 12.5. The van der Waals surface area contributed by atoms with Gasteiger partial charge in [0.1, 0.15) is 11.8 Å². The van der Waals surface area contributed by atoms with Crippen LogP contribution in [0.15, 0.2) is 6.07 Å². The van der Waals surface area contributed by atoms with Crippen molar-refractivity contribution in [2.24, 2.45) is 0 Å². The fraction of sp³-hybridized carbons (Fsp3) is 0.455. The fourth-order valence-electron chi connectivity index (χ4n) is 1.25. The molecule has 1 unspecified atom stereocenters. The maximum absolute atomic E-state index is 11.0. The summed E-state index contributed by atoms with van der Waals surface area (Å²) in [5.41, 5.74) is 0. The zero-order valence-electron chi connectivity index (χ0n) is 9.19. The molecule has 0 radical (unpaired) electrons. The maximum Gasteiger partial charge on any atom is 0.349 e. The van der Waals surface area contributed by atoms with Crippen LogP contribution in [0.3, 0.4) is 0 Å². The lowest BCUT2D eigenvalue weighted by atomic mass is 10.3. The predicted molar refractivity (Wildman–Crippen MR) is 61.0 cm³/mol. The van der Waals surface area contributed by atoms with Gasteiger partial charge in [-0.25, -0.2) is 4.79 Å². The summed E-state index contributed by atoms with van der Waals surface area (Å²) in [6.45, 7) is 3.61. The molecule has 0 amide bonds. The number of nitriles is 1. The Balaban J connectivity index is 2.96. The summed E-state index contributed by atoms with van der Waals surface area (Å²) >= 11 is 1.21. The predicted octanol–water partition coefficient (Wildman–Crippen LogP) is 2.69. The molecule has 0 aromatic carbocycles. The van der Waals surface area contributed by atoms with Gasteiger partial charge in [-0.15, -0.1) is 11.3 Å². The van der Waals surface area contributed by atoms with Crippen molar-refractivity contribution in [1.29, 1.82) is 5.26 Å². The molecule has 0 aliphatic carbocycles. The normalized spacial score (nSPS) is 11.8. The standard InChI is InChI=1S/C11H13NO3S/c1-3-4-8-5-9(15-7(2)6-12)10(16-8)11(13)14/h5,7H,3-4H2,1-2H3,(H,13,14). The average molecular weight is 239 g/mol. The van der Waals surface area contributed by atoms with E-state index in [-0.39, 0.29) is 4.88 Å². The van der Waals surface area contributed by atoms with Gasteiger partial charge >= 0.3 is 5.97 Å². The van der Waals surface area contributed by atoms with E-state index in [2.05, 4.69) is 0 Å². The number of carboxylic acid groups (broad SMARTS) is 1. The minimum Gasteiger partial charge on any atom is -0.477 e. The van der Waals surface area contributed by atoms with E-state index in [0.717, 1.165) is 17.7 Å². The SMILES string of the molecule is CCCc1cc(OC(C)C#N)c(C(=O)O)s1. The molecule has 1 aromatic heterocycles.